The van der Waals surface area contributed by atoms with E-state index in [4.69, 9.17) is 0 Å². The molecule has 8 aromatic rings. The van der Waals surface area contributed by atoms with Crippen LogP contribution in [-0.4, -0.2) is 4.98 Å². The summed E-state index contributed by atoms with van der Waals surface area (Å²) >= 11 is 0. The van der Waals surface area contributed by atoms with Gasteiger partial charge in [-0.3, -0.25) is 0 Å². The van der Waals surface area contributed by atoms with Crippen molar-refractivity contribution in [3.8, 4) is 78.0 Å². The topological polar surface area (TPSA) is 12.9 Å². The van der Waals surface area contributed by atoms with Crippen molar-refractivity contribution in [2.45, 2.75) is 13.8 Å². The van der Waals surface area contributed by atoms with E-state index < -0.39 is 0 Å². The molecule has 1 heterocycles. The van der Waals surface area contributed by atoms with Crippen LogP contribution in [0.15, 0.2) is 182 Å². The first-order valence-electron chi connectivity index (χ1n) is 17.1. The van der Waals surface area contributed by atoms with Crippen molar-refractivity contribution in [2.24, 2.45) is 0 Å². The molecule has 1 aromatic heterocycles. The van der Waals surface area contributed by atoms with Crippen LogP contribution in [0.4, 0.5) is 0 Å². The molecule has 247 valence electrons. The maximum absolute atomic E-state index is 4.60. The van der Waals surface area contributed by atoms with E-state index in [9.17, 15) is 0 Å². The molecule has 0 aliphatic heterocycles. The monoisotopic (exact) mass is 831 g/mol. The second kappa shape index (κ2) is 15.1. The summed E-state index contributed by atoms with van der Waals surface area (Å²) in [6, 6.07) is 66.3. The van der Waals surface area contributed by atoms with Crippen LogP contribution in [0.1, 0.15) is 11.1 Å². The number of aromatic nitrogens is 1. The molecule has 0 saturated carbocycles. The van der Waals surface area contributed by atoms with Gasteiger partial charge in [-0.15, -0.1) is 35.4 Å². The minimum atomic E-state index is 0. The summed E-state index contributed by atoms with van der Waals surface area (Å²) in [5.74, 6) is 0. The molecule has 0 unspecified atom stereocenters. The smallest absolute Gasteiger partial charge is 0.0160 e. The molecule has 8 rings (SSSR count). The molecular formula is C49H36IrN-. The average Bonchev–Trinajstić information content (AvgIpc) is 3.19. The molecule has 0 bridgehead atoms. The van der Waals surface area contributed by atoms with Crippen molar-refractivity contribution in [1.29, 1.82) is 0 Å². The molecule has 0 saturated heterocycles. The molecule has 2 heteroatoms. The van der Waals surface area contributed by atoms with E-state index >= 15 is 0 Å². The quantitative estimate of drug-likeness (QED) is 0.146. The third-order valence-corrected chi connectivity index (χ3v) is 9.48. The van der Waals surface area contributed by atoms with Gasteiger partial charge < -0.3 is 4.98 Å². The number of hydrogen-bond acceptors (Lipinski definition) is 1. The van der Waals surface area contributed by atoms with Crippen LogP contribution in [0.2, 0.25) is 0 Å². The Bertz CT molecular complexity index is 2410. The van der Waals surface area contributed by atoms with Crippen LogP contribution in [0.5, 0.6) is 0 Å². The summed E-state index contributed by atoms with van der Waals surface area (Å²) in [7, 11) is 0. The zero-order valence-corrected chi connectivity index (χ0v) is 31.0. The van der Waals surface area contributed by atoms with Gasteiger partial charge in [-0.1, -0.05) is 133 Å². The maximum Gasteiger partial charge on any atom is 0.0160 e. The van der Waals surface area contributed by atoms with Crippen LogP contribution >= 0.6 is 0 Å². The predicted molar refractivity (Wildman–Crippen MR) is 211 cm³/mol. The number of nitrogens with zero attached hydrogens (tertiary/aromatic N) is 1. The van der Waals surface area contributed by atoms with E-state index in [1.54, 1.807) is 0 Å². The first kappa shape index (κ1) is 33.8. The number of aryl methyl sites for hydroxylation is 2. The number of hydrogen-bond donors (Lipinski definition) is 0. The van der Waals surface area contributed by atoms with Gasteiger partial charge in [0.25, 0.3) is 0 Å². The van der Waals surface area contributed by atoms with E-state index in [0.29, 0.717) is 0 Å². The van der Waals surface area contributed by atoms with Crippen LogP contribution in [0, 0.1) is 19.9 Å². The van der Waals surface area contributed by atoms with Crippen LogP contribution < -0.4 is 0 Å². The average molecular weight is 831 g/mol. The summed E-state index contributed by atoms with van der Waals surface area (Å²) in [6.07, 6.45) is 1.84. The zero-order valence-electron chi connectivity index (χ0n) is 28.6. The standard InChI is InChI=1S/C49H36N.Ir/c1-34-28-45(41-21-12-20-40(31-41)39-19-11-18-38(30-39)36-14-5-3-6-15-36)29-35(2)49(34)47-33-42(37-16-7-4-8-17-37)25-26-46(47)43-22-13-23-44(32-43)48-24-9-10-27-50-48;/h3-22,24-33H,1-2H3;/q-1;. The van der Waals surface area contributed by atoms with Crippen molar-refractivity contribution >= 4 is 0 Å². The molecule has 0 spiro atoms. The normalized spacial score (nSPS) is 10.8. The molecule has 0 fully saturated rings. The van der Waals surface area contributed by atoms with Gasteiger partial charge in [0.15, 0.2) is 0 Å². The number of rotatable bonds is 7. The van der Waals surface area contributed by atoms with Gasteiger partial charge in [-0.25, -0.2) is 0 Å². The zero-order chi connectivity index (χ0) is 33.9. The van der Waals surface area contributed by atoms with E-state index in [1.807, 2.05) is 30.5 Å². The summed E-state index contributed by atoms with van der Waals surface area (Å²) in [6.45, 7) is 4.49. The molecule has 1 nitrogen and oxygen atoms in total. The van der Waals surface area contributed by atoms with Crippen molar-refractivity contribution in [2.75, 3.05) is 0 Å². The predicted octanol–water partition coefficient (Wildman–Crippen LogP) is 13.2. The molecule has 0 atom stereocenters. The molecule has 0 aliphatic rings. The van der Waals surface area contributed by atoms with Crippen molar-refractivity contribution in [1.82, 2.24) is 4.98 Å². The fourth-order valence-corrected chi connectivity index (χ4v) is 7.06. The minimum Gasteiger partial charge on any atom is -0.305 e. The Hall–Kier alpha value is -5.66. The Kier molecular flexibility index (Phi) is 9.99. The molecule has 0 N–H and O–H groups in total. The van der Waals surface area contributed by atoms with Gasteiger partial charge in [-0.2, -0.15) is 0 Å². The van der Waals surface area contributed by atoms with Crippen molar-refractivity contribution in [3.05, 3.63) is 199 Å². The third kappa shape index (κ3) is 7.16. The molecule has 0 aliphatic carbocycles. The Morgan fingerprint density at radius 3 is 1.51 bits per heavy atom. The minimum absolute atomic E-state index is 0. The van der Waals surface area contributed by atoms with Crippen molar-refractivity contribution in [3.63, 3.8) is 0 Å². The summed E-state index contributed by atoms with van der Waals surface area (Å²) < 4.78 is 0. The van der Waals surface area contributed by atoms with Crippen LogP contribution in [-0.2, 0) is 20.1 Å². The van der Waals surface area contributed by atoms with Gasteiger partial charge >= 0.3 is 0 Å². The molecule has 7 aromatic carbocycles. The van der Waals surface area contributed by atoms with Gasteiger partial charge in [0, 0.05) is 26.3 Å². The molecule has 1 radical (unpaired) electrons. The number of benzene rings is 7. The summed E-state index contributed by atoms with van der Waals surface area (Å²) in [5.41, 5.74) is 18.9. The fourth-order valence-electron chi connectivity index (χ4n) is 7.06. The summed E-state index contributed by atoms with van der Waals surface area (Å²) in [5, 5.41) is 0. The van der Waals surface area contributed by atoms with E-state index in [0.717, 1.165) is 16.8 Å². The Morgan fingerprint density at radius 1 is 0.392 bits per heavy atom. The largest absolute Gasteiger partial charge is 0.305 e. The van der Waals surface area contributed by atoms with Gasteiger partial charge in [-0.05, 0) is 116 Å². The Balaban J connectivity index is 0.00000406. The van der Waals surface area contributed by atoms with Gasteiger partial charge in [0.1, 0.15) is 0 Å². The van der Waals surface area contributed by atoms with Crippen LogP contribution in [0.3, 0.4) is 0 Å². The maximum atomic E-state index is 4.60. The third-order valence-electron chi connectivity index (χ3n) is 9.48. The molecule has 0 amide bonds. The second-order valence-corrected chi connectivity index (χ2v) is 12.8. The Labute approximate surface area is 314 Å². The number of pyridine rings is 1. The van der Waals surface area contributed by atoms with E-state index in [2.05, 4.69) is 177 Å². The summed E-state index contributed by atoms with van der Waals surface area (Å²) in [4.78, 5) is 4.60. The van der Waals surface area contributed by atoms with E-state index in [-0.39, 0.29) is 20.1 Å². The van der Waals surface area contributed by atoms with Gasteiger partial charge in [0.05, 0.1) is 0 Å². The van der Waals surface area contributed by atoms with Crippen LogP contribution in [0.25, 0.3) is 78.0 Å². The second-order valence-electron chi connectivity index (χ2n) is 12.8. The molecule has 51 heavy (non-hydrogen) atoms. The van der Waals surface area contributed by atoms with Crippen molar-refractivity contribution < 1.29 is 20.1 Å². The fraction of sp³-hybridized carbons (Fsp3) is 0.0408. The first-order chi connectivity index (χ1) is 24.6. The Morgan fingerprint density at radius 2 is 0.922 bits per heavy atom. The SMILES string of the molecule is Cc1cc(-c2cccc(-c3cccc(-c4ccccc4)c3)c2)cc(C)c1-c1cc(-c2ccccc2)ccc1-c1cc[c-]c(-c2ccccn2)c1.[Ir]. The first-order valence-corrected chi connectivity index (χ1v) is 17.1. The van der Waals surface area contributed by atoms with E-state index in [1.165, 1.54) is 72.3 Å². The molecular weight excluding hydrogens is 795 g/mol. The van der Waals surface area contributed by atoms with Gasteiger partial charge in [0.2, 0.25) is 0 Å².